The molecule has 0 saturated heterocycles. The van der Waals surface area contributed by atoms with Gasteiger partial charge in [0.25, 0.3) is 0 Å². The number of esters is 1. The summed E-state index contributed by atoms with van der Waals surface area (Å²) < 4.78 is 12.8. The van der Waals surface area contributed by atoms with Crippen LogP contribution in [-0.2, 0) is 27.1 Å². The summed E-state index contributed by atoms with van der Waals surface area (Å²) in [6.07, 6.45) is 0.216. The molecule has 132 valence electrons. The molecule has 24 heavy (non-hydrogen) atoms. The van der Waals surface area contributed by atoms with E-state index in [1.165, 1.54) is 0 Å². The Bertz CT molecular complexity index is 636. The van der Waals surface area contributed by atoms with E-state index in [2.05, 4.69) is 62.6 Å². The third-order valence-corrected chi connectivity index (χ3v) is 6.45. The van der Waals surface area contributed by atoms with Crippen LogP contribution in [0.4, 0.5) is 4.79 Å². The van der Waals surface area contributed by atoms with E-state index >= 15 is 0 Å². The quantitative estimate of drug-likeness (QED) is 0.454. The molecule has 1 amide bonds. The summed E-state index contributed by atoms with van der Waals surface area (Å²) >= 11 is 4.54. The maximum atomic E-state index is 12.6. The highest BCUT2D eigenvalue weighted by molar-refractivity contribution is 14.1. The molecule has 0 atom stereocenters. The zero-order valence-corrected chi connectivity index (χ0v) is 18.5. The highest BCUT2D eigenvalue weighted by atomic mass is 127. The molecule has 0 radical (unpaired) electrons. The van der Waals surface area contributed by atoms with Crippen LogP contribution in [0, 0.1) is 7.14 Å². The first kappa shape index (κ1) is 19.7. The molecule has 7 heteroatoms. The Labute approximate surface area is 169 Å². The SMILES string of the molecule is CCOC(=O)C1(NC(=O)OC(C)(C)C)Cc2cc(I)c(I)cc2C1. The average molecular weight is 557 g/mol. The Morgan fingerprint density at radius 1 is 1.17 bits per heavy atom. The summed E-state index contributed by atoms with van der Waals surface area (Å²) in [5, 5.41) is 2.78. The van der Waals surface area contributed by atoms with E-state index < -0.39 is 23.2 Å². The molecule has 0 aliphatic heterocycles. The standard InChI is InChI=1S/C17H21I2NO4/c1-5-23-14(21)17(20-15(22)24-16(2,3)4)8-10-6-12(18)13(19)7-11(10)9-17/h6-7H,5,8-9H2,1-4H3,(H,20,22). The van der Waals surface area contributed by atoms with Crippen LogP contribution in [0.15, 0.2) is 12.1 Å². The number of hydrogen-bond acceptors (Lipinski definition) is 4. The molecule has 1 aliphatic carbocycles. The molecule has 5 nitrogen and oxygen atoms in total. The van der Waals surface area contributed by atoms with Gasteiger partial charge in [-0.15, -0.1) is 0 Å². The van der Waals surface area contributed by atoms with Gasteiger partial charge in [0.2, 0.25) is 0 Å². The molecule has 0 heterocycles. The number of ether oxygens (including phenoxy) is 2. The van der Waals surface area contributed by atoms with Gasteiger partial charge in [0.15, 0.2) is 0 Å². The van der Waals surface area contributed by atoms with Gasteiger partial charge in [0.05, 0.1) is 6.61 Å². The normalized spacial score (nSPS) is 15.6. The molecule has 0 bridgehead atoms. The van der Waals surface area contributed by atoms with Crippen molar-refractivity contribution < 1.29 is 19.1 Å². The van der Waals surface area contributed by atoms with E-state index in [0.29, 0.717) is 12.8 Å². The second-order valence-corrected chi connectivity index (χ2v) is 9.14. The molecule has 1 aromatic carbocycles. The van der Waals surface area contributed by atoms with E-state index in [-0.39, 0.29) is 6.61 Å². The minimum atomic E-state index is -1.10. The summed E-state index contributed by atoms with van der Waals surface area (Å²) in [7, 11) is 0. The minimum absolute atomic E-state index is 0.266. The highest BCUT2D eigenvalue weighted by Gasteiger charge is 2.47. The van der Waals surface area contributed by atoms with Crippen molar-refractivity contribution in [2.75, 3.05) is 6.61 Å². The number of rotatable bonds is 3. The van der Waals surface area contributed by atoms with Crippen molar-refractivity contribution in [2.24, 2.45) is 0 Å². The molecular formula is C17H21I2NO4. The molecule has 0 aromatic heterocycles. The van der Waals surface area contributed by atoms with Gasteiger partial charge in [-0.05, 0) is 96.1 Å². The van der Waals surface area contributed by atoms with Gasteiger partial charge in [-0.2, -0.15) is 0 Å². The lowest BCUT2D eigenvalue weighted by atomic mass is 9.96. The van der Waals surface area contributed by atoms with Crippen LogP contribution in [0.1, 0.15) is 38.8 Å². The van der Waals surface area contributed by atoms with Crippen molar-refractivity contribution in [1.29, 1.82) is 0 Å². The number of fused-ring (bicyclic) bond motifs is 1. The van der Waals surface area contributed by atoms with E-state index in [1.807, 2.05) is 0 Å². The third kappa shape index (κ3) is 4.53. The van der Waals surface area contributed by atoms with Gasteiger partial charge in [-0.3, -0.25) is 0 Å². The van der Waals surface area contributed by atoms with Crippen molar-refractivity contribution in [3.8, 4) is 0 Å². The highest BCUT2D eigenvalue weighted by Crippen LogP contribution is 2.34. The monoisotopic (exact) mass is 557 g/mol. The first-order valence-corrected chi connectivity index (χ1v) is 9.87. The Kier molecular flexibility index (Phi) is 6.04. The number of benzene rings is 1. The van der Waals surface area contributed by atoms with Crippen LogP contribution in [0.25, 0.3) is 0 Å². The van der Waals surface area contributed by atoms with Gasteiger partial charge in [-0.25, -0.2) is 9.59 Å². The van der Waals surface area contributed by atoms with Crippen LogP contribution >= 0.6 is 45.2 Å². The number of carbonyl (C=O) groups excluding carboxylic acids is 2. The molecule has 0 fully saturated rings. The number of halogens is 2. The molecule has 1 aliphatic rings. The molecule has 0 unspecified atom stereocenters. The Morgan fingerprint density at radius 3 is 2.08 bits per heavy atom. The fourth-order valence-electron chi connectivity index (χ4n) is 2.72. The van der Waals surface area contributed by atoms with Crippen molar-refractivity contribution in [3.05, 3.63) is 30.4 Å². The molecule has 0 saturated carbocycles. The summed E-state index contributed by atoms with van der Waals surface area (Å²) in [5.41, 5.74) is 0.387. The minimum Gasteiger partial charge on any atom is -0.464 e. The number of alkyl carbamates (subject to hydrolysis) is 1. The van der Waals surface area contributed by atoms with E-state index in [4.69, 9.17) is 9.47 Å². The van der Waals surface area contributed by atoms with E-state index in [9.17, 15) is 9.59 Å². The maximum Gasteiger partial charge on any atom is 0.408 e. The number of amides is 1. The zero-order valence-electron chi connectivity index (χ0n) is 14.2. The summed E-state index contributed by atoms with van der Waals surface area (Å²) in [4.78, 5) is 24.9. The lowest BCUT2D eigenvalue weighted by Crippen LogP contribution is -2.57. The van der Waals surface area contributed by atoms with Gasteiger partial charge in [-0.1, -0.05) is 0 Å². The lowest BCUT2D eigenvalue weighted by Gasteiger charge is -2.29. The lowest BCUT2D eigenvalue weighted by molar-refractivity contribution is -0.150. The Balaban J connectivity index is 2.30. The van der Waals surface area contributed by atoms with Crippen LogP contribution in [0.5, 0.6) is 0 Å². The van der Waals surface area contributed by atoms with E-state index in [1.54, 1.807) is 27.7 Å². The number of carbonyl (C=O) groups is 2. The van der Waals surface area contributed by atoms with Crippen molar-refractivity contribution >= 4 is 57.2 Å². The molecule has 1 N–H and O–H groups in total. The van der Waals surface area contributed by atoms with Gasteiger partial charge in [0.1, 0.15) is 11.1 Å². The van der Waals surface area contributed by atoms with Crippen molar-refractivity contribution in [1.82, 2.24) is 5.32 Å². The predicted molar refractivity (Wildman–Crippen MR) is 108 cm³/mol. The van der Waals surface area contributed by atoms with Crippen LogP contribution in [0.2, 0.25) is 0 Å². The fraction of sp³-hybridized carbons (Fsp3) is 0.529. The summed E-state index contributed by atoms with van der Waals surface area (Å²) in [6, 6.07) is 4.13. The van der Waals surface area contributed by atoms with Gasteiger partial charge >= 0.3 is 12.1 Å². The van der Waals surface area contributed by atoms with Crippen LogP contribution < -0.4 is 5.32 Å². The summed E-state index contributed by atoms with van der Waals surface area (Å²) in [5.74, 6) is -0.419. The second-order valence-electron chi connectivity index (χ2n) is 6.82. The Hall–Kier alpha value is -0.580. The van der Waals surface area contributed by atoms with Crippen LogP contribution in [0.3, 0.4) is 0 Å². The maximum absolute atomic E-state index is 12.6. The average Bonchev–Trinajstić information content (AvgIpc) is 2.75. The topological polar surface area (TPSA) is 64.6 Å². The molecule has 2 rings (SSSR count). The second kappa shape index (κ2) is 7.35. The van der Waals surface area contributed by atoms with Gasteiger partial charge < -0.3 is 14.8 Å². The predicted octanol–water partition coefficient (Wildman–Crippen LogP) is 3.82. The van der Waals surface area contributed by atoms with Crippen molar-refractivity contribution in [3.63, 3.8) is 0 Å². The molecule has 1 aromatic rings. The third-order valence-electron chi connectivity index (χ3n) is 3.63. The number of hydrogen-bond donors (Lipinski definition) is 1. The van der Waals surface area contributed by atoms with E-state index in [0.717, 1.165) is 18.3 Å². The zero-order chi connectivity index (χ0) is 18.1. The fourth-order valence-corrected chi connectivity index (χ4v) is 3.79. The first-order chi connectivity index (χ1) is 11.1. The Morgan fingerprint density at radius 2 is 1.67 bits per heavy atom. The van der Waals surface area contributed by atoms with Crippen molar-refractivity contribution in [2.45, 2.75) is 51.7 Å². The number of nitrogens with one attached hydrogen (secondary N) is 1. The largest absolute Gasteiger partial charge is 0.464 e. The van der Waals surface area contributed by atoms with Gasteiger partial charge in [0, 0.05) is 20.0 Å². The van der Waals surface area contributed by atoms with Crippen LogP contribution in [-0.4, -0.2) is 29.8 Å². The smallest absolute Gasteiger partial charge is 0.408 e. The molecular weight excluding hydrogens is 536 g/mol. The summed E-state index contributed by atoms with van der Waals surface area (Å²) in [6.45, 7) is 7.39. The first-order valence-electron chi connectivity index (χ1n) is 7.71. The molecule has 0 spiro atoms.